The molecule has 0 radical (unpaired) electrons. The van der Waals surface area contributed by atoms with Crippen molar-refractivity contribution >= 4 is 57.2 Å². The van der Waals surface area contributed by atoms with Gasteiger partial charge in [0.2, 0.25) is 0 Å². The number of nitrogens with one attached hydrogen (secondary N) is 3. The van der Waals surface area contributed by atoms with Crippen LogP contribution in [0.3, 0.4) is 0 Å². The van der Waals surface area contributed by atoms with E-state index in [1.165, 1.54) is 18.2 Å². The lowest BCUT2D eigenvalue weighted by Gasteiger charge is -2.11. The first-order valence-electron chi connectivity index (χ1n) is 10.1. The maximum Gasteiger partial charge on any atom is 0.291 e. The molecule has 170 valence electrons. The topological polar surface area (TPSA) is 127 Å². The molecule has 4 aromatic rings. The van der Waals surface area contributed by atoms with Crippen molar-refractivity contribution < 1.29 is 18.9 Å². The van der Waals surface area contributed by atoms with E-state index >= 15 is 0 Å². The number of carbonyl (C=O) groups excluding carboxylic acids is 2. The van der Waals surface area contributed by atoms with Crippen molar-refractivity contribution in [1.82, 2.24) is 5.32 Å². The Labute approximate surface area is 198 Å². The molecule has 0 spiro atoms. The van der Waals surface area contributed by atoms with Crippen LogP contribution in [0.4, 0.5) is 17.1 Å². The molecular weight excluding hydrogens is 456 g/mol. The van der Waals surface area contributed by atoms with E-state index in [2.05, 4.69) is 16.0 Å². The largest absolute Gasteiger partial charge is 0.451 e. The number of benzene rings is 3. The molecule has 0 aliphatic carbocycles. The van der Waals surface area contributed by atoms with E-state index in [0.717, 1.165) is 5.39 Å². The van der Waals surface area contributed by atoms with Gasteiger partial charge in [-0.25, -0.2) is 0 Å². The van der Waals surface area contributed by atoms with Gasteiger partial charge in [-0.2, -0.15) is 0 Å². The first-order valence-corrected chi connectivity index (χ1v) is 10.5. The molecule has 1 heterocycles. The van der Waals surface area contributed by atoms with Crippen molar-refractivity contribution in [1.29, 1.82) is 0 Å². The van der Waals surface area contributed by atoms with Gasteiger partial charge >= 0.3 is 0 Å². The Kier molecular flexibility index (Phi) is 6.33. The fourth-order valence-electron chi connectivity index (χ4n) is 3.21. The van der Waals surface area contributed by atoms with E-state index in [-0.39, 0.29) is 28.0 Å². The zero-order valence-corrected chi connectivity index (χ0v) is 18.6. The van der Waals surface area contributed by atoms with E-state index in [4.69, 9.17) is 16.6 Å². The van der Waals surface area contributed by atoms with E-state index in [0.29, 0.717) is 22.5 Å². The van der Waals surface area contributed by atoms with Crippen LogP contribution in [0.15, 0.2) is 77.2 Å². The number of anilines is 2. The SMILES string of the molecule is Cc1ccc(C(=O)NC(=S)Nc2ccc(NC(=O)c3cc4ccccc4o3)cc2)cc1[N+](=O)[O-]. The molecule has 34 heavy (non-hydrogen) atoms. The minimum Gasteiger partial charge on any atom is -0.451 e. The van der Waals surface area contributed by atoms with Gasteiger partial charge < -0.3 is 15.1 Å². The summed E-state index contributed by atoms with van der Waals surface area (Å²) in [4.78, 5) is 35.4. The Balaban J connectivity index is 1.35. The summed E-state index contributed by atoms with van der Waals surface area (Å²) in [6, 6.07) is 19.9. The van der Waals surface area contributed by atoms with Gasteiger partial charge in [0.15, 0.2) is 10.9 Å². The Morgan fingerprint density at radius 3 is 2.26 bits per heavy atom. The lowest BCUT2D eigenvalue weighted by atomic mass is 10.1. The number of hydrogen-bond acceptors (Lipinski definition) is 6. The van der Waals surface area contributed by atoms with Crippen molar-refractivity contribution in [3.8, 4) is 0 Å². The number of carbonyl (C=O) groups is 2. The second-order valence-corrected chi connectivity index (χ2v) is 7.75. The van der Waals surface area contributed by atoms with Gasteiger partial charge in [0.25, 0.3) is 17.5 Å². The lowest BCUT2D eigenvalue weighted by molar-refractivity contribution is -0.385. The quantitative estimate of drug-likeness (QED) is 0.210. The van der Waals surface area contributed by atoms with Gasteiger partial charge in [0.05, 0.1) is 4.92 Å². The summed E-state index contributed by atoms with van der Waals surface area (Å²) >= 11 is 5.16. The minimum absolute atomic E-state index is 0.0206. The third-order valence-corrected chi connectivity index (χ3v) is 5.15. The molecule has 4 rings (SSSR count). The summed E-state index contributed by atoms with van der Waals surface area (Å²) < 4.78 is 5.56. The Hall–Kier alpha value is -4.57. The second kappa shape index (κ2) is 9.51. The van der Waals surface area contributed by atoms with Gasteiger partial charge in [-0.1, -0.05) is 24.3 Å². The predicted molar refractivity (Wildman–Crippen MR) is 132 cm³/mol. The Morgan fingerprint density at radius 1 is 0.912 bits per heavy atom. The number of furan rings is 1. The highest BCUT2D eigenvalue weighted by Gasteiger charge is 2.16. The molecule has 0 fully saturated rings. The molecule has 0 aliphatic rings. The molecule has 10 heteroatoms. The number of thiocarbonyl (C=S) groups is 1. The molecule has 9 nitrogen and oxygen atoms in total. The van der Waals surface area contributed by atoms with Crippen molar-refractivity contribution in [3.05, 3.63) is 99.8 Å². The molecule has 0 atom stereocenters. The van der Waals surface area contributed by atoms with Crippen molar-refractivity contribution in [2.45, 2.75) is 6.92 Å². The molecule has 0 bridgehead atoms. The van der Waals surface area contributed by atoms with Crippen molar-refractivity contribution in [3.63, 3.8) is 0 Å². The number of nitrogens with zero attached hydrogens (tertiary/aromatic N) is 1. The molecule has 0 saturated carbocycles. The highest BCUT2D eigenvalue weighted by Crippen LogP contribution is 2.21. The van der Waals surface area contributed by atoms with Crippen LogP contribution >= 0.6 is 12.2 Å². The third kappa shape index (κ3) is 5.08. The number of nitro benzene ring substituents is 1. The molecule has 1 aromatic heterocycles. The van der Waals surface area contributed by atoms with Crippen LogP contribution in [-0.4, -0.2) is 21.9 Å². The molecule has 3 N–H and O–H groups in total. The molecule has 2 amide bonds. The van der Waals surface area contributed by atoms with Crippen molar-refractivity contribution in [2.75, 3.05) is 10.6 Å². The monoisotopic (exact) mass is 474 g/mol. The van der Waals surface area contributed by atoms with Crippen LogP contribution in [-0.2, 0) is 0 Å². The first-order chi connectivity index (χ1) is 16.3. The first kappa shape index (κ1) is 22.6. The molecule has 0 saturated heterocycles. The average molecular weight is 474 g/mol. The highest BCUT2D eigenvalue weighted by molar-refractivity contribution is 7.80. The fraction of sp³-hybridized carbons (Fsp3) is 0.0417. The number of fused-ring (bicyclic) bond motifs is 1. The lowest BCUT2D eigenvalue weighted by Crippen LogP contribution is -2.34. The average Bonchev–Trinajstić information content (AvgIpc) is 3.25. The fourth-order valence-corrected chi connectivity index (χ4v) is 3.42. The molecule has 3 aromatic carbocycles. The molecule has 0 unspecified atom stereocenters. The van der Waals surface area contributed by atoms with Gasteiger partial charge in [0.1, 0.15) is 5.58 Å². The second-order valence-electron chi connectivity index (χ2n) is 7.35. The minimum atomic E-state index is -0.574. The van der Waals surface area contributed by atoms with Crippen LogP contribution in [0, 0.1) is 17.0 Å². The Morgan fingerprint density at radius 2 is 1.59 bits per heavy atom. The number of amides is 2. The molecule has 0 aliphatic heterocycles. The summed E-state index contributed by atoms with van der Waals surface area (Å²) in [5.74, 6) is -0.758. The smallest absolute Gasteiger partial charge is 0.291 e. The number of para-hydroxylation sites is 1. The summed E-state index contributed by atoms with van der Waals surface area (Å²) in [5.41, 5.74) is 2.16. The zero-order chi connectivity index (χ0) is 24.2. The number of rotatable bonds is 5. The zero-order valence-electron chi connectivity index (χ0n) is 17.8. The number of hydrogen-bond donors (Lipinski definition) is 3. The van der Waals surface area contributed by atoms with Gasteiger partial charge in [-0.05, 0) is 61.6 Å². The van der Waals surface area contributed by atoms with Gasteiger partial charge in [0, 0.05) is 34.0 Å². The van der Waals surface area contributed by atoms with E-state index in [9.17, 15) is 19.7 Å². The predicted octanol–water partition coefficient (Wildman–Crippen LogP) is 5.03. The maximum atomic E-state index is 12.5. The van der Waals surface area contributed by atoms with E-state index in [1.807, 2.05) is 18.2 Å². The summed E-state index contributed by atoms with van der Waals surface area (Å²) in [6.45, 7) is 1.59. The normalized spacial score (nSPS) is 10.5. The molecular formula is C24H18N4O5S. The summed E-state index contributed by atoms with van der Waals surface area (Å²) in [6.07, 6.45) is 0. The standard InChI is InChI=1S/C24H18N4O5S/c1-14-6-7-16(12-19(14)28(31)32)22(29)27-24(34)26-18-10-8-17(9-11-18)25-23(30)21-13-15-4-2-3-5-20(15)33-21/h2-13H,1H3,(H,25,30)(H2,26,27,29,34). The van der Waals surface area contributed by atoms with Gasteiger partial charge in [-0.15, -0.1) is 0 Å². The third-order valence-electron chi connectivity index (χ3n) is 4.95. The van der Waals surface area contributed by atoms with Crippen LogP contribution in [0.1, 0.15) is 26.5 Å². The summed E-state index contributed by atoms with van der Waals surface area (Å²) in [7, 11) is 0. The Bertz CT molecular complexity index is 1400. The number of nitro groups is 1. The maximum absolute atomic E-state index is 12.5. The van der Waals surface area contributed by atoms with Crippen LogP contribution < -0.4 is 16.0 Å². The van der Waals surface area contributed by atoms with Crippen LogP contribution in [0.25, 0.3) is 11.0 Å². The van der Waals surface area contributed by atoms with Crippen molar-refractivity contribution in [2.24, 2.45) is 0 Å². The van der Waals surface area contributed by atoms with E-state index in [1.54, 1.807) is 43.3 Å². The number of aryl methyl sites for hydroxylation is 1. The van der Waals surface area contributed by atoms with Gasteiger partial charge in [-0.3, -0.25) is 25.0 Å². The summed E-state index contributed by atoms with van der Waals surface area (Å²) in [5, 5.41) is 20.0. The van der Waals surface area contributed by atoms with E-state index < -0.39 is 10.8 Å². The van der Waals surface area contributed by atoms with Crippen LogP contribution in [0.2, 0.25) is 0 Å². The highest BCUT2D eigenvalue weighted by atomic mass is 32.1. The van der Waals surface area contributed by atoms with Crippen LogP contribution in [0.5, 0.6) is 0 Å².